The van der Waals surface area contributed by atoms with Crippen molar-refractivity contribution in [1.29, 1.82) is 0 Å². The third-order valence-corrected chi connectivity index (χ3v) is 6.15. The second-order valence-corrected chi connectivity index (χ2v) is 9.29. The minimum atomic E-state index is -0.328. The first-order valence-electron chi connectivity index (χ1n) is 11.4. The van der Waals surface area contributed by atoms with E-state index >= 15 is 0 Å². The van der Waals surface area contributed by atoms with E-state index in [-0.39, 0.29) is 18.1 Å². The highest BCUT2D eigenvalue weighted by Gasteiger charge is 2.36. The van der Waals surface area contributed by atoms with Gasteiger partial charge in [-0.05, 0) is 56.9 Å². The van der Waals surface area contributed by atoms with Crippen LogP contribution in [-0.4, -0.2) is 52.0 Å². The number of amides is 1. The van der Waals surface area contributed by atoms with Crippen LogP contribution >= 0.6 is 0 Å². The van der Waals surface area contributed by atoms with E-state index in [0.29, 0.717) is 11.7 Å². The van der Waals surface area contributed by atoms with Crippen LogP contribution < -0.4 is 24.7 Å². The van der Waals surface area contributed by atoms with E-state index in [1.807, 2.05) is 43.3 Å². The Morgan fingerprint density at radius 3 is 2.73 bits per heavy atom. The molecule has 0 saturated heterocycles. The number of hydrazone groups is 1. The first-order chi connectivity index (χ1) is 15.7. The smallest absolute Gasteiger partial charge is 0.277 e. The maximum absolute atomic E-state index is 12.2. The molecule has 1 N–H and O–H groups in total. The summed E-state index contributed by atoms with van der Waals surface area (Å²) >= 11 is 0. The number of anilines is 2. The van der Waals surface area contributed by atoms with Crippen molar-refractivity contribution in [2.75, 3.05) is 44.2 Å². The van der Waals surface area contributed by atoms with Crippen LogP contribution in [0, 0.1) is 0 Å². The molecule has 0 spiro atoms. The lowest BCUT2D eigenvalue weighted by Gasteiger charge is -2.47. The van der Waals surface area contributed by atoms with E-state index in [9.17, 15) is 4.79 Å². The first kappa shape index (κ1) is 24.4. The molecule has 1 aliphatic heterocycles. The number of ether oxygens (including phenoxy) is 2. The number of benzene rings is 2. The molecule has 1 aliphatic rings. The van der Waals surface area contributed by atoms with Gasteiger partial charge in [-0.15, -0.1) is 0 Å². The summed E-state index contributed by atoms with van der Waals surface area (Å²) in [5.41, 5.74) is 6.94. The molecule has 0 bridgehead atoms. The molecule has 3 rings (SSSR count). The average molecular weight is 453 g/mol. The zero-order chi connectivity index (χ0) is 24.2. The Kier molecular flexibility index (Phi) is 7.51. The Morgan fingerprint density at radius 1 is 1.30 bits per heavy atom. The monoisotopic (exact) mass is 452 g/mol. The lowest BCUT2D eigenvalue weighted by Crippen LogP contribution is -2.48. The van der Waals surface area contributed by atoms with E-state index in [4.69, 9.17) is 9.47 Å². The zero-order valence-electron chi connectivity index (χ0n) is 20.8. The Labute approximate surface area is 197 Å². The number of hydrogen-bond acceptors (Lipinski definition) is 6. The average Bonchev–Trinajstić information content (AvgIpc) is 2.77. The van der Waals surface area contributed by atoms with Gasteiger partial charge in [0, 0.05) is 55.2 Å². The normalized spacial score (nSPS) is 16.9. The topological polar surface area (TPSA) is 66.4 Å². The lowest BCUT2D eigenvalue weighted by molar-refractivity contribution is -0.123. The highest BCUT2D eigenvalue weighted by molar-refractivity contribution is 5.87. The van der Waals surface area contributed by atoms with Gasteiger partial charge in [0.05, 0.1) is 13.3 Å². The molecule has 1 amide bonds. The van der Waals surface area contributed by atoms with Crippen LogP contribution in [0.25, 0.3) is 0 Å². The second-order valence-electron chi connectivity index (χ2n) is 9.29. The third-order valence-electron chi connectivity index (χ3n) is 6.15. The quantitative estimate of drug-likeness (QED) is 0.475. The van der Waals surface area contributed by atoms with E-state index in [2.05, 4.69) is 55.3 Å². The Bertz CT molecular complexity index is 1020. The van der Waals surface area contributed by atoms with Gasteiger partial charge in [0.1, 0.15) is 11.5 Å². The van der Waals surface area contributed by atoms with Crippen LogP contribution in [0.1, 0.15) is 51.2 Å². The lowest BCUT2D eigenvalue weighted by atomic mass is 9.79. The Hall–Kier alpha value is -3.22. The Morgan fingerprint density at radius 2 is 2.06 bits per heavy atom. The molecule has 33 heavy (non-hydrogen) atoms. The van der Waals surface area contributed by atoms with Gasteiger partial charge in [-0.25, -0.2) is 5.43 Å². The fourth-order valence-electron chi connectivity index (χ4n) is 4.61. The molecule has 178 valence electrons. The molecule has 0 radical (unpaired) electrons. The van der Waals surface area contributed by atoms with Crippen LogP contribution in [0.3, 0.4) is 0 Å². The van der Waals surface area contributed by atoms with Gasteiger partial charge in [-0.3, -0.25) is 4.79 Å². The summed E-state index contributed by atoms with van der Waals surface area (Å²) in [5.74, 6) is 1.45. The van der Waals surface area contributed by atoms with Crippen LogP contribution in [0.2, 0.25) is 0 Å². The van der Waals surface area contributed by atoms with Crippen LogP contribution in [0.15, 0.2) is 41.5 Å². The molecule has 1 unspecified atom stereocenters. The van der Waals surface area contributed by atoms with Crippen molar-refractivity contribution >= 4 is 23.5 Å². The number of nitrogens with one attached hydrogen (secondary N) is 1. The van der Waals surface area contributed by atoms with Crippen molar-refractivity contribution < 1.29 is 14.3 Å². The predicted molar refractivity (Wildman–Crippen MR) is 135 cm³/mol. The highest BCUT2D eigenvalue weighted by Crippen LogP contribution is 2.45. The summed E-state index contributed by atoms with van der Waals surface area (Å²) in [6.07, 6.45) is 2.70. The first-order valence-corrected chi connectivity index (χ1v) is 11.4. The molecule has 2 aromatic carbocycles. The molecule has 1 atom stereocenters. The van der Waals surface area contributed by atoms with Gasteiger partial charge >= 0.3 is 0 Å². The summed E-state index contributed by atoms with van der Waals surface area (Å²) in [4.78, 5) is 16.6. The minimum absolute atomic E-state index is 0.0851. The highest BCUT2D eigenvalue weighted by atomic mass is 16.5. The third kappa shape index (κ3) is 5.59. The molecule has 7 nitrogen and oxygen atoms in total. The second kappa shape index (κ2) is 10.1. The number of carbonyl (C=O) groups is 1. The Balaban J connectivity index is 1.69. The van der Waals surface area contributed by atoms with Gasteiger partial charge < -0.3 is 19.3 Å². The van der Waals surface area contributed by atoms with Gasteiger partial charge in [0.25, 0.3) is 5.91 Å². The number of rotatable bonds is 8. The van der Waals surface area contributed by atoms with Crippen molar-refractivity contribution in [2.45, 2.75) is 45.6 Å². The van der Waals surface area contributed by atoms with Crippen molar-refractivity contribution in [3.8, 4) is 11.5 Å². The summed E-state index contributed by atoms with van der Waals surface area (Å²) in [6.45, 7) is 9.81. The predicted octanol–water partition coefficient (Wildman–Crippen LogP) is 4.40. The molecular weight excluding hydrogens is 416 g/mol. The van der Waals surface area contributed by atoms with Gasteiger partial charge in [-0.1, -0.05) is 13.0 Å². The van der Waals surface area contributed by atoms with E-state index in [0.717, 1.165) is 30.0 Å². The van der Waals surface area contributed by atoms with Crippen LogP contribution in [0.5, 0.6) is 11.5 Å². The van der Waals surface area contributed by atoms with Crippen molar-refractivity contribution in [3.63, 3.8) is 0 Å². The SMILES string of the molecule is CCN1c2cc(OC)c(/C=N/NC(=O)COc3cccc(N(C)C)c3)cc2C(C)CC1(C)C. The van der Waals surface area contributed by atoms with Crippen LogP contribution in [0.4, 0.5) is 11.4 Å². The fourth-order valence-corrected chi connectivity index (χ4v) is 4.61. The van der Waals surface area contributed by atoms with Crippen LogP contribution in [-0.2, 0) is 4.79 Å². The maximum Gasteiger partial charge on any atom is 0.277 e. The number of nitrogens with zero attached hydrogens (tertiary/aromatic N) is 3. The largest absolute Gasteiger partial charge is 0.496 e. The van der Waals surface area contributed by atoms with Gasteiger partial charge in [0.15, 0.2) is 6.61 Å². The molecular formula is C26H36N4O3. The molecule has 0 fully saturated rings. The van der Waals surface area contributed by atoms with Crippen molar-refractivity contribution in [1.82, 2.24) is 5.43 Å². The zero-order valence-corrected chi connectivity index (χ0v) is 20.8. The summed E-state index contributed by atoms with van der Waals surface area (Å²) in [6, 6.07) is 11.8. The standard InChI is InChI=1S/C26H36N4O3/c1-8-30-23-14-24(32-7)19(12-22(23)18(2)15-26(30,3)4)16-27-28-25(31)17-33-21-11-9-10-20(13-21)29(5)6/h9-14,16,18H,8,15,17H2,1-7H3,(H,28,31)/b27-16+. The molecule has 0 aliphatic carbocycles. The van der Waals surface area contributed by atoms with E-state index in [1.54, 1.807) is 13.3 Å². The minimum Gasteiger partial charge on any atom is -0.496 e. The maximum atomic E-state index is 12.2. The van der Waals surface area contributed by atoms with Gasteiger partial charge in [-0.2, -0.15) is 5.10 Å². The summed E-state index contributed by atoms with van der Waals surface area (Å²) < 4.78 is 11.2. The molecule has 0 aromatic heterocycles. The molecule has 0 saturated carbocycles. The van der Waals surface area contributed by atoms with Crippen molar-refractivity contribution in [2.24, 2.45) is 5.10 Å². The fraction of sp³-hybridized carbons (Fsp3) is 0.462. The van der Waals surface area contributed by atoms with Crippen molar-refractivity contribution in [3.05, 3.63) is 47.5 Å². The number of hydrogen-bond donors (Lipinski definition) is 1. The molecule has 7 heteroatoms. The number of methoxy groups -OCH3 is 1. The molecule has 2 aromatic rings. The summed E-state index contributed by atoms with van der Waals surface area (Å²) in [5, 5.41) is 4.14. The van der Waals surface area contributed by atoms with E-state index in [1.165, 1.54) is 11.3 Å². The number of fused-ring (bicyclic) bond motifs is 1. The number of carbonyl (C=O) groups excluding carboxylic acids is 1. The van der Waals surface area contributed by atoms with Gasteiger partial charge in [0.2, 0.25) is 0 Å². The molecule has 1 heterocycles. The summed E-state index contributed by atoms with van der Waals surface area (Å²) in [7, 11) is 5.56. The van der Waals surface area contributed by atoms with E-state index < -0.39 is 0 Å².